The van der Waals surface area contributed by atoms with E-state index in [9.17, 15) is 9.59 Å². The van der Waals surface area contributed by atoms with Crippen molar-refractivity contribution in [2.24, 2.45) is 0 Å². The molecule has 2 saturated heterocycles. The highest BCUT2D eigenvalue weighted by Crippen LogP contribution is 2.34. The maximum absolute atomic E-state index is 13.0. The molecule has 0 bridgehead atoms. The molecule has 2 fully saturated rings. The predicted octanol–water partition coefficient (Wildman–Crippen LogP) is 1.08. The van der Waals surface area contributed by atoms with Crippen molar-refractivity contribution in [3.63, 3.8) is 0 Å². The van der Waals surface area contributed by atoms with Gasteiger partial charge in [-0.15, -0.1) is 0 Å². The average Bonchev–Trinajstić information content (AvgIpc) is 3.19. The standard InChI is InChI=1S/C21H26N6O4/c1-30-16-4-5-18(31-2)17(14-16)27-13-12-26(21(27)29)15-19(28)24-8-10-25(11-9-24)20-22-6-3-7-23-20/h3-7,14H,8-13,15H2,1-2H3. The van der Waals surface area contributed by atoms with Gasteiger partial charge in [0, 0.05) is 57.7 Å². The number of urea groups is 1. The number of anilines is 2. The van der Waals surface area contributed by atoms with Crippen LogP contribution in [0, 0.1) is 0 Å². The molecule has 0 saturated carbocycles. The lowest BCUT2D eigenvalue weighted by atomic mass is 10.2. The van der Waals surface area contributed by atoms with Gasteiger partial charge in [-0.05, 0) is 18.2 Å². The Kier molecular flexibility index (Phi) is 6.06. The van der Waals surface area contributed by atoms with Gasteiger partial charge in [-0.2, -0.15) is 0 Å². The fourth-order valence-electron chi connectivity index (χ4n) is 3.83. The van der Waals surface area contributed by atoms with Gasteiger partial charge in [-0.1, -0.05) is 0 Å². The summed E-state index contributed by atoms with van der Waals surface area (Å²) in [6, 6.07) is 6.89. The highest BCUT2D eigenvalue weighted by atomic mass is 16.5. The van der Waals surface area contributed by atoms with Crippen molar-refractivity contribution < 1.29 is 19.1 Å². The van der Waals surface area contributed by atoms with Gasteiger partial charge in [-0.25, -0.2) is 14.8 Å². The van der Waals surface area contributed by atoms with Crippen molar-refractivity contribution in [3.8, 4) is 11.5 Å². The Morgan fingerprint density at radius 1 is 1.00 bits per heavy atom. The van der Waals surface area contributed by atoms with E-state index in [4.69, 9.17) is 9.47 Å². The summed E-state index contributed by atoms with van der Waals surface area (Å²) < 4.78 is 10.7. The molecular formula is C21H26N6O4. The molecule has 0 atom stereocenters. The normalized spacial score (nSPS) is 16.6. The number of piperazine rings is 1. The number of hydrogen-bond donors (Lipinski definition) is 0. The number of amides is 3. The first-order valence-corrected chi connectivity index (χ1v) is 10.2. The monoisotopic (exact) mass is 426 g/mol. The molecule has 164 valence electrons. The van der Waals surface area contributed by atoms with E-state index in [1.807, 2.05) is 0 Å². The predicted molar refractivity (Wildman–Crippen MR) is 115 cm³/mol. The molecule has 0 N–H and O–H groups in total. The minimum atomic E-state index is -0.212. The molecule has 3 heterocycles. The topological polar surface area (TPSA) is 91.3 Å². The van der Waals surface area contributed by atoms with Crippen LogP contribution in [0.5, 0.6) is 11.5 Å². The summed E-state index contributed by atoms with van der Waals surface area (Å²) in [7, 11) is 3.14. The summed E-state index contributed by atoms with van der Waals surface area (Å²) in [6.45, 7) is 3.49. The third kappa shape index (κ3) is 4.32. The van der Waals surface area contributed by atoms with E-state index in [2.05, 4.69) is 14.9 Å². The van der Waals surface area contributed by atoms with Crippen LogP contribution in [0.25, 0.3) is 0 Å². The van der Waals surface area contributed by atoms with Crippen molar-refractivity contribution >= 4 is 23.6 Å². The number of ether oxygens (including phenoxy) is 2. The third-order valence-electron chi connectivity index (χ3n) is 5.57. The second-order valence-corrected chi connectivity index (χ2v) is 7.31. The van der Waals surface area contributed by atoms with Crippen LogP contribution in [-0.4, -0.2) is 91.7 Å². The molecule has 3 amide bonds. The van der Waals surface area contributed by atoms with Crippen LogP contribution in [0.4, 0.5) is 16.4 Å². The number of methoxy groups -OCH3 is 2. The van der Waals surface area contributed by atoms with Gasteiger partial charge in [0.05, 0.1) is 19.9 Å². The molecule has 2 aliphatic heterocycles. The molecule has 0 radical (unpaired) electrons. The fourth-order valence-corrected chi connectivity index (χ4v) is 3.83. The highest BCUT2D eigenvalue weighted by molar-refractivity contribution is 5.98. The first-order valence-electron chi connectivity index (χ1n) is 10.2. The highest BCUT2D eigenvalue weighted by Gasteiger charge is 2.34. The SMILES string of the molecule is COc1ccc(OC)c(N2CCN(CC(=O)N3CCN(c4ncccn4)CC3)C2=O)c1. The van der Waals surface area contributed by atoms with Crippen molar-refractivity contribution in [3.05, 3.63) is 36.7 Å². The van der Waals surface area contributed by atoms with E-state index in [-0.39, 0.29) is 18.5 Å². The number of hydrogen-bond acceptors (Lipinski definition) is 7. The van der Waals surface area contributed by atoms with E-state index in [0.29, 0.717) is 62.4 Å². The fraction of sp³-hybridized carbons (Fsp3) is 0.429. The van der Waals surface area contributed by atoms with Crippen molar-refractivity contribution in [2.75, 3.05) is 69.8 Å². The van der Waals surface area contributed by atoms with E-state index < -0.39 is 0 Å². The summed E-state index contributed by atoms with van der Waals surface area (Å²) in [6.07, 6.45) is 3.42. The Morgan fingerprint density at radius 2 is 1.74 bits per heavy atom. The van der Waals surface area contributed by atoms with Gasteiger partial charge in [0.15, 0.2) is 0 Å². The van der Waals surface area contributed by atoms with Gasteiger partial charge in [0.2, 0.25) is 11.9 Å². The molecule has 2 aromatic rings. The molecule has 2 aliphatic rings. The minimum Gasteiger partial charge on any atom is -0.497 e. The van der Waals surface area contributed by atoms with Crippen molar-refractivity contribution in [1.82, 2.24) is 19.8 Å². The van der Waals surface area contributed by atoms with Crippen LogP contribution in [0.1, 0.15) is 0 Å². The summed E-state index contributed by atoms with van der Waals surface area (Å²) in [5.74, 6) is 1.84. The molecule has 0 aliphatic carbocycles. The molecule has 10 nitrogen and oxygen atoms in total. The number of aromatic nitrogens is 2. The molecular weight excluding hydrogens is 400 g/mol. The smallest absolute Gasteiger partial charge is 0.325 e. The number of rotatable bonds is 6. The van der Waals surface area contributed by atoms with Gasteiger partial charge < -0.3 is 24.2 Å². The van der Waals surface area contributed by atoms with Crippen LogP contribution >= 0.6 is 0 Å². The molecule has 1 aromatic carbocycles. The molecule has 0 spiro atoms. The first-order chi connectivity index (χ1) is 15.1. The van der Waals surface area contributed by atoms with Crippen LogP contribution in [0.15, 0.2) is 36.7 Å². The van der Waals surface area contributed by atoms with Crippen LogP contribution in [0.3, 0.4) is 0 Å². The molecule has 4 rings (SSSR count). The minimum absolute atomic E-state index is 0.0542. The summed E-state index contributed by atoms with van der Waals surface area (Å²) in [4.78, 5) is 41.4. The quantitative estimate of drug-likeness (QED) is 0.683. The van der Waals surface area contributed by atoms with E-state index in [1.54, 1.807) is 65.6 Å². The zero-order chi connectivity index (χ0) is 21.8. The number of carbonyl (C=O) groups is 2. The zero-order valence-corrected chi connectivity index (χ0v) is 17.7. The lowest BCUT2D eigenvalue weighted by Gasteiger charge is -2.35. The molecule has 1 aromatic heterocycles. The van der Waals surface area contributed by atoms with E-state index in [0.717, 1.165) is 0 Å². The number of benzene rings is 1. The Hall–Kier alpha value is -3.56. The van der Waals surface area contributed by atoms with E-state index >= 15 is 0 Å². The first kappa shape index (κ1) is 20.7. The van der Waals surface area contributed by atoms with Crippen molar-refractivity contribution in [1.29, 1.82) is 0 Å². The average molecular weight is 426 g/mol. The molecule has 0 unspecified atom stereocenters. The van der Waals surface area contributed by atoms with Gasteiger partial charge in [0.25, 0.3) is 0 Å². The van der Waals surface area contributed by atoms with E-state index in [1.165, 1.54) is 0 Å². The van der Waals surface area contributed by atoms with Crippen LogP contribution in [-0.2, 0) is 4.79 Å². The Morgan fingerprint density at radius 3 is 2.42 bits per heavy atom. The van der Waals surface area contributed by atoms with Crippen LogP contribution < -0.4 is 19.3 Å². The Bertz CT molecular complexity index is 933. The lowest BCUT2D eigenvalue weighted by molar-refractivity contribution is -0.131. The second-order valence-electron chi connectivity index (χ2n) is 7.31. The maximum atomic E-state index is 13.0. The lowest BCUT2D eigenvalue weighted by Crippen LogP contribution is -2.52. The van der Waals surface area contributed by atoms with Gasteiger partial charge >= 0.3 is 6.03 Å². The largest absolute Gasteiger partial charge is 0.497 e. The van der Waals surface area contributed by atoms with Crippen molar-refractivity contribution in [2.45, 2.75) is 0 Å². The summed E-state index contributed by atoms with van der Waals surface area (Å²) >= 11 is 0. The Labute approximate surface area is 181 Å². The Balaban J connectivity index is 1.36. The second kappa shape index (κ2) is 9.07. The summed E-state index contributed by atoms with van der Waals surface area (Å²) in [5, 5.41) is 0. The maximum Gasteiger partial charge on any atom is 0.325 e. The number of carbonyl (C=O) groups excluding carboxylic acids is 2. The van der Waals surface area contributed by atoms with Crippen LogP contribution in [0.2, 0.25) is 0 Å². The number of nitrogens with zero attached hydrogens (tertiary/aromatic N) is 6. The third-order valence-corrected chi connectivity index (χ3v) is 5.57. The zero-order valence-electron chi connectivity index (χ0n) is 17.7. The van der Waals surface area contributed by atoms with Gasteiger partial charge in [0.1, 0.15) is 18.0 Å². The van der Waals surface area contributed by atoms with Gasteiger partial charge in [-0.3, -0.25) is 9.69 Å². The molecule has 31 heavy (non-hydrogen) atoms. The molecule has 10 heteroatoms. The summed E-state index contributed by atoms with van der Waals surface area (Å²) in [5.41, 5.74) is 0.637.